The summed E-state index contributed by atoms with van der Waals surface area (Å²) in [4.78, 5) is 10.9. The molecular weight excluding hydrogens is 168 g/mol. The molecule has 0 saturated heterocycles. The van der Waals surface area contributed by atoms with E-state index in [-0.39, 0.29) is 12.2 Å². The van der Waals surface area contributed by atoms with Crippen molar-refractivity contribution in [2.24, 2.45) is 0 Å². The molecule has 0 aliphatic carbocycles. The molecule has 0 aromatic heterocycles. The van der Waals surface area contributed by atoms with Gasteiger partial charge in [0.1, 0.15) is 0 Å². The molecule has 0 aliphatic rings. The lowest BCUT2D eigenvalue weighted by atomic mass is 10.2. The van der Waals surface area contributed by atoms with Crippen LogP contribution in [0.2, 0.25) is 0 Å². The van der Waals surface area contributed by atoms with E-state index in [4.69, 9.17) is 9.47 Å². The predicted octanol–water partition coefficient (Wildman–Crippen LogP) is 2.14. The summed E-state index contributed by atoms with van der Waals surface area (Å²) in [5, 5.41) is 0. The van der Waals surface area contributed by atoms with Gasteiger partial charge in [0.2, 0.25) is 5.79 Å². The van der Waals surface area contributed by atoms with Crippen LogP contribution in [0.4, 0.5) is 0 Å². The molecule has 0 N–H and O–H groups in total. The van der Waals surface area contributed by atoms with Gasteiger partial charge in [-0.05, 0) is 27.7 Å². The molecule has 0 rings (SSSR count). The average molecular weight is 188 g/mol. The van der Waals surface area contributed by atoms with Gasteiger partial charge in [-0.1, -0.05) is 6.92 Å². The molecule has 0 amide bonds. The highest BCUT2D eigenvalue weighted by atomic mass is 16.7. The van der Waals surface area contributed by atoms with Gasteiger partial charge in [-0.2, -0.15) is 0 Å². The Balaban J connectivity index is 4.39. The van der Waals surface area contributed by atoms with E-state index in [2.05, 4.69) is 0 Å². The molecule has 78 valence electrons. The molecule has 0 radical (unpaired) electrons. The number of carbonyl (C=O) groups excluding carboxylic acids is 1. The van der Waals surface area contributed by atoms with Crippen molar-refractivity contribution >= 4 is 6.29 Å². The molecular formula is C10H20O3. The van der Waals surface area contributed by atoms with Gasteiger partial charge in [0.15, 0.2) is 6.29 Å². The molecule has 3 heteroatoms. The molecule has 0 aliphatic heterocycles. The highest BCUT2D eigenvalue weighted by Gasteiger charge is 2.31. The molecule has 13 heavy (non-hydrogen) atoms. The van der Waals surface area contributed by atoms with Crippen LogP contribution >= 0.6 is 0 Å². The van der Waals surface area contributed by atoms with Crippen LogP contribution in [0.25, 0.3) is 0 Å². The Hall–Kier alpha value is -0.410. The predicted molar refractivity (Wildman–Crippen MR) is 51.5 cm³/mol. The minimum Gasteiger partial charge on any atom is -0.341 e. The molecule has 0 fully saturated rings. The van der Waals surface area contributed by atoms with Crippen molar-refractivity contribution in [3.05, 3.63) is 0 Å². The zero-order chi connectivity index (χ0) is 10.5. The topological polar surface area (TPSA) is 35.5 Å². The van der Waals surface area contributed by atoms with E-state index in [9.17, 15) is 4.79 Å². The fourth-order valence-corrected chi connectivity index (χ4v) is 1.13. The summed E-state index contributed by atoms with van der Waals surface area (Å²) in [6, 6.07) is 0. The summed E-state index contributed by atoms with van der Waals surface area (Å²) in [6.45, 7) is 9.42. The zero-order valence-corrected chi connectivity index (χ0v) is 9.16. The van der Waals surface area contributed by atoms with E-state index in [1.54, 1.807) is 0 Å². The highest BCUT2D eigenvalue weighted by molar-refractivity contribution is 5.60. The molecule has 0 unspecified atom stereocenters. The van der Waals surface area contributed by atoms with Crippen LogP contribution in [0.5, 0.6) is 0 Å². The smallest absolute Gasteiger partial charge is 0.225 e. The van der Waals surface area contributed by atoms with Gasteiger partial charge in [0.25, 0.3) is 0 Å². The third-order valence-electron chi connectivity index (χ3n) is 1.54. The Morgan fingerprint density at radius 1 is 1.15 bits per heavy atom. The van der Waals surface area contributed by atoms with Gasteiger partial charge in [0, 0.05) is 6.42 Å². The Bertz CT molecular complexity index is 142. The number of hydrogen-bond acceptors (Lipinski definition) is 3. The number of aldehydes is 1. The summed E-state index contributed by atoms with van der Waals surface area (Å²) in [5.41, 5.74) is 0. The molecule has 0 atom stereocenters. The highest BCUT2D eigenvalue weighted by Crippen LogP contribution is 2.19. The first-order valence-electron chi connectivity index (χ1n) is 4.77. The van der Waals surface area contributed by atoms with Crippen molar-refractivity contribution in [3.63, 3.8) is 0 Å². The van der Waals surface area contributed by atoms with Crippen molar-refractivity contribution in [3.8, 4) is 0 Å². The minimum absolute atomic E-state index is 0.0103. The Kier molecular flexibility index (Phi) is 5.18. The molecule has 0 bridgehead atoms. The number of hydrogen-bond donors (Lipinski definition) is 0. The average Bonchev–Trinajstić information content (AvgIpc) is 2.01. The van der Waals surface area contributed by atoms with Gasteiger partial charge < -0.3 is 9.47 Å². The van der Waals surface area contributed by atoms with Crippen molar-refractivity contribution in [2.75, 3.05) is 0 Å². The second kappa shape index (κ2) is 5.35. The summed E-state index contributed by atoms with van der Waals surface area (Å²) < 4.78 is 10.9. The SMILES string of the molecule is CCC(C=O)(OC(C)C)OC(C)C. The van der Waals surface area contributed by atoms with Gasteiger partial charge >= 0.3 is 0 Å². The van der Waals surface area contributed by atoms with Crippen LogP contribution in [0, 0.1) is 0 Å². The summed E-state index contributed by atoms with van der Waals surface area (Å²) in [7, 11) is 0. The monoisotopic (exact) mass is 188 g/mol. The maximum Gasteiger partial charge on any atom is 0.225 e. The first kappa shape index (κ1) is 12.6. The van der Waals surface area contributed by atoms with Gasteiger partial charge in [0.05, 0.1) is 12.2 Å². The third kappa shape index (κ3) is 4.39. The minimum atomic E-state index is -1.05. The van der Waals surface area contributed by atoms with E-state index in [0.717, 1.165) is 6.29 Å². The van der Waals surface area contributed by atoms with E-state index in [1.807, 2.05) is 34.6 Å². The van der Waals surface area contributed by atoms with Crippen LogP contribution in [0.15, 0.2) is 0 Å². The van der Waals surface area contributed by atoms with Gasteiger partial charge in [-0.3, -0.25) is 4.79 Å². The third-order valence-corrected chi connectivity index (χ3v) is 1.54. The van der Waals surface area contributed by atoms with Crippen LogP contribution < -0.4 is 0 Å². The number of ether oxygens (including phenoxy) is 2. The molecule has 0 aromatic carbocycles. The number of carbonyl (C=O) groups is 1. The van der Waals surface area contributed by atoms with E-state index in [0.29, 0.717) is 6.42 Å². The molecule has 0 spiro atoms. The van der Waals surface area contributed by atoms with Gasteiger partial charge in [-0.25, -0.2) is 0 Å². The standard InChI is InChI=1S/C10H20O3/c1-6-10(7-11,12-8(2)3)13-9(4)5/h7-9H,6H2,1-5H3. The first-order valence-corrected chi connectivity index (χ1v) is 4.77. The van der Waals surface area contributed by atoms with E-state index in [1.165, 1.54) is 0 Å². The Morgan fingerprint density at radius 3 is 1.69 bits per heavy atom. The van der Waals surface area contributed by atoms with Crippen LogP contribution in [-0.4, -0.2) is 24.3 Å². The molecule has 0 aromatic rings. The summed E-state index contributed by atoms with van der Waals surface area (Å²) in [5.74, 6) is -1.05. The summed E-state index contributed by atoms with van der Waals surface area (Å²) >= 11 is 0. The number of rotatable bonds is 6. The fraction of sp³-hybridized carbons (Fsp3) is 0.900. The zero-order valence-electron chi connectivity index (χ0n) is 9.16. The van der Waals surface area contributed by atoms with Crippen molar-refractivity contribution < 1.29 is 14.3 Å². The maximum absolute atomic E-state index is 10.9. The van der Waals surface area contributed by atoms with Crippen molar-refractivity contribution in [1.29, 1.82) is 0 Å². The van der Waals surface area contributed by atoms with Gasteiger partial charge in [-0.15, -0.1) is 0 Å². The van der Waals surface area contributed by atoms with Crippen LogP contribution in [0.1, 0.15) is 41.0 Å². The summed E-state index contributed by atoms with van der Waals surface area (Å²) in [6.07, 6.45) is 1.26. The van der Waals surface area contributed by atoms with E-state index >= 15 is 0 Å². The molecule has 3 nitrogen and oxygen atoms in total. The Labute approximate surface area is 80.4 Å². The molecule has 0 heterocycles. The maximum atomic E-state index is 10.9. The lowest BCUT2D eigenvalue weighted by Crippen LogP contribution is -2.41. The Morgan fingerprint density at radius 2 is 1.54 bits per heavy atom. The van der Waals surface area contributed by atoms with Crippen molar-refractivity contribution in [2.45, 2.75) is 59.0 Å². The van der Waals surface area contributed by atoms with Crippen molar-refractivity contribution in [1.82, 2.24) is 0 Å². The van der Waals surface area contributed by atoms with Crippen LogP contribution in [0.3, 0.4) is 0 Å². The quantitative estimate of drug-likeness (QED) is 0.473. The second-order valence-corrected chi connectivity index (χ2v) is 3.62. The lowest BCUT2D eigenvalue weighted by molar-refractivity contribution is -0.247. The van der Waals surface area contributed by atoms with Crippen LogP contribution in [-0.2, 0) is 14.3 Å². The van der Waals surface area contributed by atoms with E-state index < -0.39 is 5.79 Å². The second-order valence-electron chi connectivity index (χ2n) is 3.62. The lowest BCUT2D eigenvalue weighted by Gasteiger charge is -2.31. The molecule has 0 saturated carbocycles. The fourth-order valence-electron chi connectivity index (χ4n) is 1.13. The normalized spacial score (nSPS) is 12.5. The largest absolute Gasteiger partial charge is 0.341 e. The first-order chi connectivity index (χ1) is 5.95.